The first-order valence-electron chi connectivity index (χ1n) is 8.73. The van der Waals surface area contributed by atoms with Crippen molar-refractivity contribution in [2.24, 2.45) is 0 Å². The van der Waals surface area contributed by atoms with Crippen molar-refractivity contribution in [3.8, 4) is 0 Å². The van der Waals surface area contributed by atoms with Crippen molar-refractivity contribution < 1.29 is 33.2 Å². The van der Waals surface area contributed by atoms with E-state index >= 15 is 0 Å². The Balaban J connectivity index is 1.72. The Morgan fingerprint density at radius 1 is 1.08 bits per heavy atom. The third kappa shape index (κ3) is 3.75. The lowest BCUT2D eigenvalue weighted by molar-refractivity contribution is -0.235. The van der Waals surface area contributed by atoms with E-state index in [-0.39, 0.29) is 12.1 Å². The van der Waals surface area contributed by atoms with Crippen LogP contribution in [0, 0.1) is 0 Å². The monoisotopic (exact) mass is 344 g/mol. The van der Waals surface area contributed by atoms with Crippen molar-refractivity contribution in [3.05, 3.63) is 0 Å². The molecule has 0 N–H and O–H groups in total. The number of carbonyl (C=O) groups excluding carboxylic acids is 1. The predicted molar refractivity (Wildman–Crippen MR) is 83.0 cm³/mol. The maximum atomic E-state index is 12.1. The van der Waals surface area contributed by atoms with Gasteiger partial charge < -0.3 is 28.4 Å². The maximum Gasteiger partial charge on any atom is 0.306 e. The number of unbranched alkanes of at least 4 members (excludes halogenated alkanes) is 1. The average Bonchev–Trinajstić information content (AvgIpc) is 3.08. The normalized spacial score (nSPS) is 39.8. The lowest BCUT2D eigenvalue weighted by atomic mass is 10.1. The third-order valence-electron chi connectivity index (χ3n) is 4.43. The minimum atomic E-state index is -0.763. The number of hydrogen-bond acceptors (Lipinski definition) is 7. The topological polar surface area (TPSA) is 72.5 Å². The fourth-order valence-electron chi connectivity index (χ4n) is 3.35. The van der Waals surface area contributed by atoms with Crippen molar-refractivity contribution in [2.75, 3.05) is 6.61 Å². The summed E-state index contributed by atoms with van der Waals surface area (Å²) >= 11 is 0. The SMILES string of the molecule is CCCCC(=O)O[C@@H]1[C@H]2OC(C)(C)O[C@H]2O[C@@H]1[C@H]1COC(C)(C)O1. The molecule has 138 valence electrons. The smallest absolute Gasteiger partial charge is 0.306 e. The van der Waals surface area contributed by atoms with E-state index in [1.165, 1.54) is 0 Å². The molecule has 0 aromatic rings. The molecule has 3 aliphatic heterocycles. The van der Waals surface area contributed by atoms with Gasteiger partial charge in [-0.2, -0.15) is 0 Å². The molecule has 0 radical (unpaired) electrons. The Morgan fingerprint density at radius 2 is 1.83 bits per heavy atom. The van der Waals surface area contributed by atoms with Gasteiger partial charge in [-0.25, -0.2) is 0 Å². The molecule has 0 spiro atoms. The van der Waals surface area contributed by atoms with Crippen LogP contribution in [0.15, 0.2) is 0 Å². The Hall–Kier alpha value is -0.730. The van der Waals surface area contributed by atoms with Gasteiger partial charge in [0.2, 0.25) is 0 Å². The van der Waals surface area contributed by atoms with Gasteiger partial charge in [0.15, 0.2) is 30.1 Å². The predicted octanol–water partition coefficient (Wildman–Crippen LogP) is 2.12. The summed E-state index contributed by atoms with van der Waals surface area (Å²) in [4.78, 5) is 12.1. The van der Waals surface area contributed by atoms with Gasteiger partial charge in [0.05, 0.1) is 6.61 Å². The van der Waals surface area contributed by atoms with Gasteiger partial charge in [0.25, 0.3) is 0 Å². The molecular formula is C17H28O7. The van der Waals surface area contributed by atoms with Gasteiger partial charge >= 0.3 is 5.97 Å². The lowest BCUT2D eigenvalue weighted by Crippen LogP contribution is -2.45. The highest BCUT2D eigenvalue weighted by atomic mass is 16.8. The van der Waals surface area contributed by atoms with Crippen molar-refractivity contribution in [2.45, 2.75) is 96.2 Å². The first kappa shape index (κ1) is 18.1. The Bertz CT molecular complexity index is 476. The van der Waals surface area contributed by atoms with Crippen LogP contribution in [0.3, 0.4) is 0 Å². The van der Waals surface area contributed by atoms with Crippen LogP contribution in [0.4, 0.5) is 0 Å². The lowest BCUT2D eigenvalue weighted by Gasteiger charge is -2.28. The molecule has 0 saturated carbocycles. The summed E-state index contributed by atoms with van der Waals surface area (Å²) in [5.74, 6) is -1.69. The summed E-state index contributed by atoms with van der Waals surface area (Å²) in [5.41, 5.74) is 0. The van der Waals surface area contributed by atoms with E-state index in [9.17, 15) is 4.79 Å². The van der Waals surface area contributed by atoms with Gasteiger partial charge in [-0.05, 0) is 34.1 Å². The van der Waals surface area contributed by atoms with Crippen LogP contribution < -0.4 is 0 Å². The fourth-order valence-corrected chi connectivity index (χ4v) is 3.35. The Morgan fingerprint density at radius 3 is 2.46 bits per heavy atom. The van der Waals surface area contributed by atoms with Crippen molar-refractivity contribution in [1.82, 2.24) is 0 Å². The number of hydrogen-bond donors (Lipinski definition) is 0. The molecule has 0 aromatic heterocycles. The molecule has 0 bridgehead atoms. The van der Waals surface area contributed by atoms with E-state index in [0.29, 0.717) is 13.0 Å². The van der Waals surface area contributed by atoms with Gasteiger partial charge in [-0.3, -0.25) is 4.79 Å². The van der Waals surface area contributed by atoms with E-state index in [0.717, 1.165) is 12.8 Å². The summed E-state index contributed by atoms with van der Waals surface area (Å²) in [7, 11) is 0. The van der Waals surface area contributed by atoms with Crippen LogP contribution >= 0.6 is 0 Å². The van der Waals surface area contributed by atoms with Gasteiger partial charge in [-0.1, -0.05) is 13.3 Å². The average molecular weight is 344 g/mol. The van der Waals surface area contributed by atoms with E-state index in [1.54, 1.807) is 0 Å². The summed E-state index contributed by atoms with van der Waals surface area (Å²) in [6.45, 7) is 9.74. The second-order valence-corrected chi connectivity index (χ2v) is 7.49. The third-order valence-corrected chi connectivity index (χ3v) is 4.43. The van der Waals surface area contributed by atoms with E-state index in [2.05, 4.69) is 0 Å². The summed E-state index contributed by atoms with van der Waals surface area (Å²) in [6, 6.07) is 0. The quantitative estimate of drug-likeness (QED) is 0.707. The van der Waals surface area contributed by atoms with Crippen LogP contribution in [-0.2, 0) is 33.2 Å². The number of ether oxygens (including phenoxy) is 6. The molecule has 0 unspecified atom stereocenters. The minimum Gasteiger partial charge on any atom is -0.456 e. The zero-order chi connectivity index (χ0) is 17.5. The zero-order valence-corrected chi connectivity index (χ0v) is 15.1. The van der Waals surface area contributed by atoms with E-state index < -0.39 is 36.2 Å². The fraction of sp³-hybridized carbons (Fsp3) is 0.941. The minimum absolute atomic E-state index is 0.248. The molecule has 3 heterocycles. The molecule has 3 rings (SSSR count). The molecular weight excluding hydrogens is 316 g/mol. The largest absolute Gasteiger partial charge is 0.456 e. The molecule has 5 atom stereocenters. The van der Waals surface area contributed by atoms with Crippen LogP contribution in [0.25, 0.3) is 0 Å². The molecule has 3 saturated heterocycles. The number of fused-ring (bicyclic) bond motifs is 1. The molecule has 7 heteroatoms. The molecule has 0 aliphatic carbocycles. The highest BCUT2D eigenvalue weighted by molar-refractivity contribution is 5.69. The second-order valence-electron chi connectivity index (χ2n) is 7.49. The van der Waals surface area contributed by atoms with Crippen molar-refractivity contribution in [1.29, 1.82) is 0 Å². The van der Waals surface area contributed by atoms with Crippen LogP contribution in [-0.4, -0.2) is 54.9 Å². The first-order valence-corrected chi connectivity index (χ1v) is 8.73. The van der Waals surface area contributed by atoms with Crippen LogP contribution in [0.5, 0.6) is 0 Å². The standard InChI is InChI=1S/C17H28O7/c1-6-7-8-11(18)20-13-12(10-9-19-16(2,3)22-10)21-15-14(13)23-17(4,5)24-15/h10,12-15H,6-9H2,1-5H3/t10-,12-,13+,14-,15-/m1/s1. The molecule has 24 heavy (non-hydrogen) atoms. The summed E-state index contributed by atoms with van der Waals surface area (Å²) in [5, 5.41) is 0. The summed E-state index contributed by atoms with van der Waals surface area (Å²) < 4.78 is 34.9. The summed E-state index contributed by atoms with van der Waals surface area (Å²) in [6.07, 6.45) is -0.272. The number of rotatable bonds is 5. The van der Waals surface area contributed by atoms with Gasteiger partial charge in [-0.15, -0.1) is 0 Å². The van der Waals surface area contributed by atoms with E-state index in [1.807, 2.05) is 34.6 Å². The maximum absolute atomic E-state index is 12.1. The van der Waals surface area contributed by atoms with Gasteiger partial charge in [0.1, 0.15) is 12.2 Å². The highest BCUT2D eigenvalue weighted by Gasteiger charge is 2.59. The first-order chi connectivity index (χ1) is 11.2. The van der Waals surface area contributed by atoms with E-state index in [4.69, 9.17) is 28.4 Å². The van der Waals surface area contributed by atoms with Gasteiger partial charge in [0, 0.05) is 6.42 Å². The Kier molecular flexibility index (Phi) is 4.92. The number of carbonyl (C=O) groups is 1. The Labute approximate surface area is 142 Å². The molecule has 0 aromatic carbocycles. The highest BCUT2D eigenvalue weighted by Crippen LogP contribution is 2.42. The van der Waals surface area contributed by atoms with Crippen molar-refractivity contribution in [3.63, 3.8) is 0 Å². The van der Waals surface area contributed by atoms with Crippen molar-refractivity contribution >= 4 is 5.97 Å². The molecule has 7 nitrogen and oxygen atoms in total. The number of esters is 1. The van der Waals surface area contributed by atoms with Crippen LogP contribution in [0.2, 0.25) is 0 Å². The molecule has 3 aliphatic rings. The molecule has 0 amide bonds. The zero-order valence-electron chi connectivity index (χ0n) is 15.1. The molecule has 3 fully saturated rings. The second kappa shape index (κ2) is 6.53. The van der Waals surface area contributed by atoms with Crippen LogP contribution in [0.1, 0.15) is 53.9 Å².